The van der Waals surface area contributed by atoms with E-state index in [4.69, 9.17) is 4.42 Å². The number of hydrogen-bond acceptors (Lipinski definition) is 2. The van der Waals surface area contributed by atoms with Gasteiger partial charge in [0.15, 0.2) is 0 Å². The van der Waals surface area contributed by atoms with Gasteiger partial charge in [0.25, 0.3) is 0 Å². The lowest BCUT2D eigenvalue weighted by molar-refractivity contribution is 0.616. The molecule has 0 N–H and O–H groups in total. The molecule has 0 bridgehead atoms. The van der Waals surface area contributed by atoms with E-state index in [0.29, 0.717) is 0 Å². The third-order valence-corrected chi connectivity index (χ3v) is 2.55. The fourth-order valence-corrected chi connectivity index (χ4v) is 1.87. The molecule has 2 heteroatoms. The molecule has 0 aliphatic carbocycles. The molecule has 0 unspecified atom stereocenters. The number of aryl methyl sites for hydroxylation is 1. The minimum absolute atomic E-state index is 0.925. The fourth-order valence-electron chi connectivity index (χ4n) is 1.87. The Kier molecular flexibility index (Phi) is 1.39. The zero-order chi connectivity index (χ0) is 9.54. The molecule has 0 spiro atoms. The number of rotatable bonds is 0. The van der Waals surface area contributed by atoms with E-state index in [-0.39, 0.29) is 0 Å². The SMILES string of the molecule is Cc1ccnc2ccc3occc3c12. The minimum atomic E-state index is 0.925. The third kappa shape index (κ3) is 0.880. The molecular weight excluding hydrogens is 174 g/mol. The summed E-state index contributed by atoms with van der Waals surface area (Å²) in [6, 6.07) is 7.97. The van der Waals surface area contributed by atoms with Gasteiger partial charge in [0.05, 0.1) is 11.8 Å². The zero-order valence-corrected chi connectivity index (χ0v) is 7.82. The highest BCUT2D eigenvalue weighted by Crippen LogP contribution is 2.26. The molecule has 2 nitrogen and oxygen atoms in total. The van der Waals surface area contributed by atoms with Crippen molar-refractivity contribution in [2.24, 2.45) is 0 Å². The molecule has 0 radical (unpaired) electrons. The Balaban J connectivity index is 2.67. The maximum Gasteiger partial charge on any atom is 0.134 e. The Morgan fingerprint density at radius 1 is 1.14 bits per heavy atom. The molecule has 0 saturated heterocycles. The topological polar surface area (TPSA) is 26.0 Å². The van der Waals surface area contributed by atoms with E-state index < -0.39 is 0 Å². The molecule has 0 fully saturated rings. The van der Waals surface area contributed by atoms with Crippen LogP contribution < -0.4 is 0 Å². The second kappa shape index (κ2) is 2.58. The lowest BCUT2D eigenvalue weighted by Gasteiger charge is -2.01. The minimum Gasteiger partial charge on any atom is -0.464 e. The van der Waals surface area contributed by atoms with Crippen LogP contribution in [0.1, 0.15) is 5.56 Å². The standard InChI is InChI=1S/C12H9NO/c1-8-4-6-13-10-2-3-11-9(12(8)10)5-7-14-11/h2-7H,1H3. The van der Waals surface area contributed by atoms with E-state index in [1.807, 2.05) is 30.5 Å². The lowest BCUT2D eigenvalue weighted by atomic mass is 10.1. The molecule has 2 aromatic heterocycles. The van der Waals surface area contributed by atoms with Crippen LogP contribution in [0.4, 0.5) is 0 Å². The van der Waals surface area contributed by atoms with Gasteiger partial charge in [-0.1, -0.05) is 0 Å². The Morgan fingerprint density at radius 2 is 2.07 bits per heavy atom. The summed E-state index contributed by atoms with van der Waals surface area (Å²) in [4.78, 5) is 4.33. The van der Waals surface area contributed by atoms with Gasteiger partial charge in [-0.15, -0.1) is 0 Å². The van der Waals surface area contributed by atoms with Crippen LogP contribution >= 0.6 is 0 Å². The first-order valence-electron chi connectivity index (χ1n) is 4.58. The number of aromatic nitrogens is 1. The quantitative estimate of drug-likeness (QED) is 0.534. The fraction of sp³-hybridized carbons (Fsp3) is 0.0833. The average Bonchev–Trinajstić information content (AvgIpc) is 2.65. The molecule has 3 rings (SSSR count). The number of hydrogen-bond donors (Lipinski definition) is 0. The second-order valence-corrected chi connectivity index (χ2v) is 3.42. The summed E-state index contributed by atoms with van der Waals surface area (Å²) in [6.07, 6.45) is 3.56. The number of fused-ring (bicyclic) bond motifs is 3. The van der Waals surface area contributed by atoms with Crippen LogP contribution in [0.25, 0.3) is 21.9 Å². The van der Waals surface area contributed by atoms with Gasteiger partial charge in [0, 0.05) is 17.0 Å². The van der Waals surface area contributed by atoms with Crippen LogP contribution in [0.2, 0.25) is 0 Å². The first-order chi connectivity index (χ1) is 6.86. The Morgan fingerprint density at radius 3 is 3.00 bits per heavy atom. The molecule has 2 heterocycles. The Bertz CT molecular complexity index is 610. The predicted octanol–water partition coefficient (Wildman–Crippen LogP) is 3.29. The first kappa shape index (κ1) is 7.56. The summed E-state index contributed by atoms with van der Waals surface area (Å²) in [5.74, 6) is 0. The molecule has 0 amide bonds. The molecular formula is C12H9NO. The number of pyridine rings is 1. The molecule has 0 aliphatic rings. The number of benzene rings is 1. The normalized spacial score (nSPS) is 11.2. The smallest absolute Gasteiger partial charge is 0.134 e. The Labute approximate surface area is 81.2 Å². The summed E-state index contributed by atoms with van der Waals surface area (Å²) in [5, 5.41) is 2.34. The number of nitrogens with zero attached hydrogens (tertiary/aromatic N) is 1. The van der Waals surface area contributed by atoms with Crippen molar-refractivity contribution >= 4 is 21.9 Å². The van der Waals surface area contributed by atoms with Crippen LogP contribution in [-0.2, 0) is 0 Å². The van der Waals surface area contributed by atoms with Gasteiger partial charge >= 0.3 is 0 Å². The molecule has 0 atom stereocenters. The van der Waals surface area contributed by atoms with Crippen molar-refractivity contribution in [2.75, 3.05) is 0 Å². The highest BCUT2D eigenvalue weighted by Gasteiger charge is 2.04. The van der Waals surface area contributed by atoms with Gasteiger partial charge in [0.1, 0.15) is 5.58 Å². The summed E-state index contributed by atoms with van der Waals surface area (Å²) in [7, 11) is 0. The molecule has 68 valence electrons. The van der Waals surface area contributed by atoms with E-state index in [1.54, 1.807) is 6.26 Å². The molecule has 3 aromatic rings. The van der Waals surface area contributed by atoms with Crippen molar-refractivity contribution in [1.82, 2.24) is 4.98 Å². The van der Waals surface area contributed by atoms with Gasteiger partial charge in [0.2, 0.25) is 0 Å². The molecule has 0 aliphatic heterocycles. The van der Waals surface area contributed by atoms with E-state index in [0.717, 1.165) is 16.5 Å². The van der Waals surface area contributed by atoms with E-state index in [9.17, 15) is 0 Å². The monoisotopic (exact) mass is 183 g/mol. The highest BCUT2D eigenvalue weighted by atomic mass is 16.3. The zero-order valence-electron chi connectivity index (χ0n) is 7.82. The average molecular weight is 183 g/mol. The van der Waals surface area contributed by atoms with Crippen LogP contribution in [-0.4, -0.2) is 4.98 Å². The molecule has 0 saturated carbocycles. The van der Waals surface area contributed by atoms with Crippen LogP contribution in [0.5, 0.6) is 0 Å². The van der Waals surface area contributed by atoms with E-state index in [2.05, 4.69) is 11.9 Å². The summed E-state index contributed by atoms with van der Waals surface area (Å²) < 4.78 is 5.35. The largest absolute Gasteiger partial charge is 0.464 e. The maximum absolute atomic E-state index is 5.35. The highest BCUT2D eigenvalue weighted by molar-refractivity contribution is 6.05. The summed E-state index contributed by atoms with van der Waals surface area (Å²) in [5.41, 5.74) is 3.19. The van der Waals surface area contributed by atoms with Crippen molar-refractivity contribution < 1.29 is 4.42 Å². The van der Waals surface area contributed by atoms with Crippen molar-refractivity contribution in [2.45, 2.75) is 6.92 Å². The van der Waals surface area contributed by atoms with E-state index in [1.165, 1.54) is 10.9 Å². The summed E-state index contributed by atoms with van der Waals surface area (Å²) in [6.45, 7) is 2.09. The lowest BCUT2D eigenvalue weighted by Crippen LogP contribution is -1.82. The van der Waals surface area contributed by atoms with Crippen molar-refractivity contribution in [3.8, 4) is 0 Å². The van der Waals surface area contributed by atoms with Crippen molar-refractivity contribution in [3.63, 3.8) is 0 Å². The van der Waals surface area contributed by atoms with Gasteiger partial charge in [-0.25, -0.2) is 0 Å². The van der Waals surface area contributed by atoms with Crippen LogP contribution in [0.15, 0.2) is 41.1 Å². The predicted molar refractivity (Wildman–Crippen MR) is 56.3 cm³/mol. The maximum atomic E-state index is 5.35. The van der Waals surface area contributed by atoms with Gasteiger partial charge in [-0.3, -0.25) is 4.98 Å². The van der Waals surface area contributed by atoms with Gasteiger partial charge in [-0.2, -0.15) is 0 Å². The van der Waals surface area contributed by atoms with Crippen molar-refractivity contribution in [1.29, 1.82) is 0 Å². The second-order valence-electron chi connectivity index (χ2n) is 3.42. The summed E-state index contributed by atoms with van der Waals surface area (Å²) >= 11 is 0. The molecule has 1 aromatic carbocycles. The molecule has 14 heavy (non-hydrogen) atoms. The van der Waals surface area contributed by atoms with Gasteiger partial charge < -0.3 is 4.42 Å². The first-order valence-corrected chi connectivity index (χ1v) is 4.58. The Hall–Kier alpha value is -1.83. The number of furan rings is 1. The third-order valence-electron chi connectivity index (χ3n) is 2.55. The van der Waals surface area contributed by atoms with Gasteiger partial charge in [-0.05, 0) is 36.8 Å². The van der Waals surface area contributed by atoms with Crippen LogP contribution in [0, 0.1) is 6.92 Å². The van der Waals surface area contributed by atoms with Crippen LogP contribution in [0.3, 0.4) is 0 Å². The van der Waals surface area contributed by atoms with E-state index >= 15 is 0 Å². The van der Waals surface area contributed by atoms with Crippen molar-refractivity contribution in [3.05, 3.63) is 42.3 Å².